The standard InChI is InChI=1S/C21H44N2/c1-19(2)10-8-6-7-9-14-23-16-12-21(13-17-23)18-22(5)15-11-20(3)4/h19-21H,6-18H2,1-5H3. The summed E-state index contributed by atoms with van der Waals surface area (Å²) in [5.41, 5.74) is 0. The fourth-order valence-corrected chi connectivity index (χ4v) is 3.64. The largest absolute Gasteiger partial charge is 0.306 e. The Morgan fingerprint density at radius 1 is 0.870 bits per heavy atom. The van der Waals surface area contributed by atoms with E-state index < -0.39 is 0 Å². The predicted octanol–water partition coefficient (Wildman–Crippen LogP) is 5.28. The zero-order valence-electron chi connectivity index (χ0n) is 16.8. The highest BCUT2D eigenvalue weighted by molar-refractivity contribution is 4.74. The van der Waals surface area contributed by atoms with Crippen LogP contribution in [0, 0.1) is 17.8 Å². The van der Waals surface area contributed by atoms with Gasteiger partial charge >= 0.3 is 0 Å². The van der Waals surface area contributed by atoms with E-state index in [2.05, 4.69) is 44.5 Å². The lowest BCUT2D eigenvalue weighted by molar-refractivity contribution is 0.150. The van der Waals surface area contributed by atoms with Crippen molar-refractivity contribution in [3.8, 4) is 0 Å². The van der Waals surface area contributed by atoms with E-state index in [0.29, 0.717) is 0 Å². The molecule has 1 rings (SSSR count). The zero-order valence-corrected chi connectivity index (χ0v) is 16.8. The molecule has 0 spiro atoms. The van der Waals surface area contributed by atoms with Crippen LogP contribution < -0.4 is 0 Å². The first-order valence-electron chi connectivity index (χ1n) is 10.4. The third kappa shape index (κ3) is 11.2. The van der Waals surface area contributed by atoms with Crippen molar-refractivity contribution in [2.24, 2.45) is 17.8 Å². The molecule has 0 N–H and O–H groups in total. The van der Waals surface area contributed by atoms with E-state index in [9.17, 15) is 0 Å². The first kappa shape index (κ1) is 21.0. The Hall–Kier alpha value is -0.0800. The maximum absolute atomic E-state index is 2.72. The lowest BCUT2D eigenvalue weighted by Gasteiger charge is -2.34. The van der Waals surface area contributed by atoms with E-state index in [1.807, 2.05) is 0 Å². The number of unbranched alkanes of at least 4 members (excludes halogenated alkanes) is 3. The molecule has 0 unspecified atom stereocenters. The molecule has 0 amide bonds. The van der Waals surface area contributed by atoms with Gasteiger partial charge in [-0.1, -0.05) is 53.4 Å². The van der Waals surface area contributed by atoms with Crippen molar-refractivity contribution in [1.82, 2.24) is 9.80 Å². The van der Waals surface area contributed by atoms with E-state index in [0.717, 1.165) is 17.8 Å². The van der Waals surface area contributed by atoms with Gasteiger partial charge in [-0.05, 0) is 76.7 Å². The number of hydrogen-bond donors (Lipinski definition) is 0. The molecule has 0 saturated carbocycles. The van der Waals surface area contributed by atoms with Gasteiger partial charge in [0.1, 0.15) is 0 Å². The van der Waals surface area contributed by atoms with Crippen molar-refractivity contribution in [3.63, 3.8) is 0 Å². The van der Waals surface area contributed by atoms with Gasteiger partial charge < -0.3 is 9.80 Å². The lowest BCUT2D eigenvalue weighted by atomic mass is 9.95. The highest BCUT2D eigenvalue weighted by Crippen LogP contribution is 2.19. The van der Waals surface area contributed by atoms with Crippen LogP contribution in [0.4, 0.5) is 0 Å². The van der Waals surface area contributed by atoms with Crippen LogP contribution in [0.15, 0.2) is 0 Å². The van der Waals surface area contributed by atoms with E-state index in [1.54, 1.807) is 0 Å². The van der Waals surface area contributed by atoms with Crippen LogP contribution >= 0.6 is 0 Å². The van der Waals surface area contributed by atoms with Crippen molar-refractivity contribution in [2.75, 3.05) is 39.8 Å². The molecule has 2 nitrogen and oxygen atoms in total. The molecule has 1 saturated heterocycles. The van der Waals surface area contributed by atoms with Gasteiger partial charge in [0.15, 0.2) is 0 Å². The second-order valence-corrected chi connectivity index (χ2v) is 8.83. The molecule has 0 radical (unpaired) electrons. The first-order valence-corrected chi connectivity index (χ1v) is 10.4. The highest BCUT2D eigenvalue weighted by Gasteiger charge is 2.19. The quantitative estimate of drug-likeness (QED) is 0.450. The Morgan fingerprint density at radius 3 is 2.09 bits per heavy atom. The molecular weight excluding hydrogens is 280 g/mol. The maximum atomic E-state index is 2.72. The number of piperidine rings is 1. The van der Waals surface area contributed by atoms with Crippen molar-refractivity contribution in [2.45, 2.75) is 79.1 Å². The molecule has 1 aliphatic rings. The summed E-state index contributed by atoms with van der Waals surface area (Å²) in [6.07, 6.45) is 11.3. The molecule has 0 aliphatic carbocycles. The second kappa shape index (κ2) is 12.3. The molecule has 23 heavy (non-hydrogen) atoms. The molecule has 1 fully saturated rings. The van der Waals surface area contributed by atoms with Crippen LogP contribution in [0.1, 0.15) is 79.1 Å². The Balaban J connectivity index is 2.00. The topological polar surface area (TPSA) is 6.48 Å². The van der Waals surface area contributed by atoms with E-state index in [-0.39, 0.29) is 0 Å². The third-order valence-electron chi connectivity index (χ3n) is 5.37. The van der Waals surface area contributed by atoms with Gasteiger partial charge in [-0.15, -0.1) is 0 Å². The molecule has 0 aromatic carbocycles. The zero-order chi connectivity index (χ0) is 17.1. The monoisotopic (exact) mass is 324 g/mol. The minimum absolute atomic E-state index is 0.833. The van der Waals surface area contributed by atoms with E-state index in [1.165, 1.54) is 84.1 Å². The van der Waals surface area contributed by atoms with Crippen LogP contribution in [0.5, 0.6) is 0 Å². The highest BCUT2D eigenvalue weighted by atomic mass is 15.1. The second-order valence-electron chi connectivity index (χ2n) is 8.83. The summed E-state index contributed by atoms with van der Waals surface area (Å²) in [4.78, 5) is 5.28. The SMILES string of the molecule is CC(C)CCCCCCN1CCC(CN(C)CCC(C)C)CC1. The molecule has 1 heterocycles. The summed E-state index contributed by atoms with van der Waals surface area (Å²) in [5, 5.41) is 0. The molecule has 0 atom stereocenters. The summed E-state index contributed by atoms with van der Waals surface area (Å²) in [6, 6.07) is 0. The first-order chi connectivity index (χ1) is 11.0. The summed E-state index contributed by atoms with van der Waals surface area (Å²) >= 11 is 0. The van der Waals surface area contributed by atoms with Gasteiger partial charge in [0.2, 0.25) is 0 Å². The van der Waals surface area contributed by atoms with Crippen LogP contribution in [0.2, 0.25) is 0 Å². The van der Waals surface area contributed by atoms with Crippen LogP contribution in [0.25, 0.3) is 0 Å². The van der Waals surface area contributed by atoms with Gasteiger partial charge in [-0.3, -0.25) is 0 Å². The van der Waals surface area contributed by atoms with Crippen LogP contribution in [-0.2, 0) is 0 Å². The average Bonchev–Trinajstić information content (AvgIpc) is 2.50. The molecule has 2 heteroatoms. The van der Waals surface area contributed by atoms with Crippen molar-refractivity contribution < 1.29 is 0 Å². The molecule has 138 valence electrons. The van der Waals surface area contributed by atoms with Gasteiger partial charge in [0.25, 0.3) is 0 Å². The van der Waals surface area contributed by atoms with Crippen molar-refractivity contribution in [3.05, 3.63) is 0 Å². The minimum Gasteiger partial charge on any atom is -0.306 e. The minimum atomic E-state index is 0.833. The Labute approximate surface area is 147 Å². The number of nitrogens with zero attached hydrogens (tertiary/aromatic N) is 2. The van der Waals surface area contributed by atoms with Gasteiger partial charge in [0.05, 0.1) is 0 Å². The van der Waals surface area contributed by atoms with Crippen LogP contribution in [0.3, 0.4) is 0 Å². The maximum Gasteiger partial charge on any atom is 0.000756 e. The lowest BCUT2D eigenvalue weighted by Crippen LogP contribution is -2.38. The summed E-state index contributed by atoms with van der Waals surface area (Å²) in [6.45, 7) is 15.9. The Morgan fingerprint density at radius 2 is 1.48 bits per heavy atom. The number of hydrogen-bond acceptors (Lipinski definition) is 2. The van der Waals surface area contributed by atoms with Crippen molar-refractivity contribution >= 4 is 0 Å². The van der Waals surface area contributed by atoms with E-state index in [4.69, 9.17) is 0 Å². The molecule has 0 aromatic rings. The molecule has 1 aliphatic heterocycles. The summed E-state index contributed by atoms with van der Waals surface area (Å²) in [7, 11) is 2.31. The predicted molar refractivity (Wildman–Crippen MR) is 104 cm³/mol. The van der Waals surface area contributed by atoms with Gasteiger partial charge in [0, 0.05) is 6.54 Å². The third-order valence-corrected chi connectivity index (χ3v) is 5.37. The van der Waals surface area contributed by atoms with E-state index >= 15 is 0 Å². The molecule has 0 aromatic heterocycles. The molecule has 0 bridgehead atoms. The number of rotatable bonds is 12. The summed E-state index contributed by atoms with van der Waals surface area (Å²) < 4.78 is 0. The van der Waals surface area contributed by atoms with Gasteiger partial charge in [-0.25, -0.2) is 0 Å². The molecular formula is C21H44N2. The fourth-order valence-electron chi connectivity index (χ4n) is 3.64. The average molecular weight is 325 g/mol. The number of likely N-dealkylation sites (tertiary alicyclic amines) is 1. The van der Waals surface area contributed by atoms with Gasteiger partial charge in [-0.2, -0.15) is 0 Å². The summed E-state index contributed by atoms with van der Waals surface area (Å²) in [5.74, 6) is 2.65. The van der Waals surface area contributed by atoms with Crippen LogP contribution in [-0.4, -0.2) is 49.6 Å². The Bertz CT molecular complexity index is 267. The Kier molecular flexibility index (Phi) is 11.2. The van der Waals surface area contributed by atoms with Crippen molar-refractivity contribution in [1.29, 1.82) is 0 Å². The smallest absolute Gasteiger partial charge is 0.000756 e. The fraction of sp³-hybridized carbons (Fsp3) is 1.00. The normalized spacial score (nSPS) is 17.7.